The molecule has 0 amide bonds. The smallest absolute Gasteiger partial charge is 0.369 e. The van der Waals surface area contributed by atoms with Gasteiger partial charge in [-0.1, -0.05) is 12.1 Å². The number of rotatable bonds is 3. The molecule has 230 valence electrons. The zero-order valence-electron chi connectivity index (χ0n) is 23.0. The van der Waals surface area contributed by atoms with Crippen LogP contribution in [0.25, 0.3) is 21.9 Å². The van der Waals surface area contributed by atoms with Crippen LogP contribution >= 0.6 is 0 Å². The fourth-order valence-electron chi connectivity index (χ4n) is 6.13. The number of aliphatic hydroxyl groups excluding tert-OH is 2. The van der Waals surface area contributed by atoms with Gasteiger partial charge in [-0.2, -0.15) is 0 Å². The number of carboxylic acid groups (broad SMARTS) is 1. The lowest BCUT2D eigenvalue weighted by Gasteiger charge is -2.32. The molecule has 0 saturated carbocycles. The van der Waals surface area contributed by atoms with Gasteiger partial charge in [0.25, 0.3) is 0 Å². The maximum Gasteiger partial charge on any atom is 0.369 e. The van der Waals surface area contributed by atoms with E-state index < -0.39 is 53.4 Å². The number of hydrogen-bond donors (Lipinski definition) is 9. The van der Waals surface area contributed by atoms with Crippen LogP contribution < -0.4 is 9.47 Å². The Labute approximate surface area is 252 Å². The second-order valence-electron chi connectivity index (χ2n) is 11.1. The predicted molar refractivity (Wildman–Crippen MR) is 154 cm³/mol. The maximum atomic E-state index is 13.1. The molecule has 13 nitrogen and oxygen atoms in total. The largest absolute Gasteiger partial charge is 0.507 e. The molecule has 45 heavy (non-hydrogen) atoms. The van der Waals surface area contributed by atoms with E-state index >= 15 is 0 Å². The minimum atomic E-state index is -1.45. The fourth-order valence-corrected chi connectivity index (χ4v) is 6.13. The fraction of sp³-hybridized carbons (Fsp3) is 0.188. The van der Waals surface area contributed by atoms with Crippen LogP contribution in [0.1, 0.15) is 44.8 Å². The van der Waals surface area contributed by atoms with Crippen molar-refractivity contribution >= 4 is 27.9 Å². The van der Waals surface area contributed by atoms with Crippen molar-refractivity contribution in [2.45, 2.75) is 37.3 Å². The number of hydrogen-bond acceptors (Lipinski definition) is 11. The van der Waals surface area contributed by atoms with Crippen molar-refractivity contribution in [1.29, 1.82) is 0 Å². The zero-order chi connectivity index (χ0) is 31.9. The Morgan fingerprint density at radius 3 is 1.42 bits per heavy atom. The first-order valence-electron chi connectivity index (χ1n) is 13.7. The number of aromatic hydroxyl groups is 6. The average molecular weight is 618 g/mol. The Morgan fingerprint density at radius 2 is 1.04 bits per heavy atom. The van der Waals surface area contributed by atoms with Crippen LogP contribution in [0.15, 0.2) is 52.9 Å². The molecule has 13 heteroatoms. The summed E-state index contributed by atoms with van der Waals surface area (Å²) in [7, 11) is 0. The summed E-state index contributed by atoms with van der Waals surface area (Å²) in [4.78, 5) is 13.1. The van der Waals surface area contributed by atoms with E-state index in [1.165, 1.54) is 48.5 Å². The molecule has 2 aliphatic rings. The summed E-state index contributed by atoms with van der Waals surface area (Å²) in [5, 5.41) is 93.7. The van der Waals surface area contributed by atoms with Crippen LogP contribution in [0.2, 0.25) is 0 Å². The van der Waals surface area contributed by atoms with Gasteiger partial charge < -0.3 is 55.4 Å². The number of carboxylic acids is 1. The lowest BCUT2D eigenvalue weighted by atomic mass is 9.89. The molecule has 9 N–H and O–H groups in total. The van der Waals surface area contributed by atoms with E-state index in [0.717, 1.165) is 0 Å². The summed E-state index contributed by atoms with van der Waals surface area (Å²) in [6.45, 7) is 0. The van der Waals surface area contributed by atoms with E-state index in [9.17, 15) is 50.8 Å². The topological polar surface area (TPSA) is 229 Å². The molecule has 0 aliphatic carbocycles. The van der Waals surface area contributed by atoms with E-state index in [4.69, 9.17) is 13.9 Å². The minimum absolute atomic E-state index is 0.0905. The normalized spacial score (nSPS) is 20.7. The van der Waals surface area contributed by atoms with Crippen LogP contribution in [0.4, 0.5) is 0 Å². The van der Waals surface area contributed by atoms with E-state index in [1.54, 1.807) is 0 Å². The van der Waals surface area contributed by atoms with E-state index in [2.05, 4.69) is 0 Å². The molecular formula is C32H25O13+. The Kier molecular flexibility index (Phi) is 6.21. The Bertz CT molecular complexity index is 1930. The van der Waals surface area contributed by atoms with E-state index in [-0.39, 0.29) is 85.6 Å². The quantitative estimate of drug-likeness (QED) is 0.0796. The highest BCUT2D eigenvalue weighted by Crippen LogP contribution is 2.52. The van der Waals surface area contributed by atoms with Crippen LogP contribution in [0.5, 0.6) is 46.0 Å². The number of carbonyl (C=O) groups is 1. The van der Waals surface area contributed by atoms with Gasteiger partial charge in [-0.25, -0.2) is 9.21 Å². The first kappa shape index (κ1) is 28.1. The number of fused-ring (bicyclic) bond motifs is 6. The molecule has 0 fully saturated rings. The Hall–Kier alpha value is -5.66. The molecule has 4 aromatic carbocycles. The summed E-state index contributed by atoms with van der Waals surface area (Å²) in [6.07, 6.45) is -5.15. The van der Waals surface area contributed by atoms with Gasteiger partial charge in [-0.05, 0) is 35.4 Å². The summed E-state index contributed by atoms with van der Waals surface area (Å²) < 4.78 is 18.3. The van der Waals surface area contributed by atoms with Crippen molar-refractivity contribution < 1.29 is 64.6 Å². The van der Waals surface area contributed by atoms with Crippen molar-refractivity contribution in [2.24, 2.45) is 0 Å². The molecule has 4 unspecified atom stereocenters. The van der Waals surface area contributed by atoms with Gasteiger partial charge in [0.1, 0.15) is 39.3 Å². The Balaban J connectivity index is 1.48. The average Bonchev–Trinajstić information content (AvgIpc) is 2.99. The van der Waals surface area contributed by atoms with Crippen molar-refractivity contribution in [2.75, 3.05) is 0 Å². The van der Waals surface area contributed by atoms with Crippen LogP contribution in [0, 0.1) is 0 Å². The molecule has 0 radical (unpaired) electrons. The SMILES string of the molecule is O=C(O)c1c2c3c(c(O)cc2[o+]c2cc(O)c4c(c12)OC(c1ccc(O)c(O)c1)C(O)C4)CC(O)C(c1ccc(O)c(O)c1)O3. The highest BCUT2D eigenvalue weighted by atomic mass is 16.5. The number of aliphatic hydroxyl groups is 2. The van der Waals surface area contributed by atoms with Crippen molar-refractivity contribution in [3.05, 3.63) is 76.3 Å². The minimum Gasteiger partial charge on any atom is -0.507 e. The molecule has 0 saturated heterocycles. The van der Waals surface area contributed by atoms with Crippen molar-refractivity contribution in [3.63, 3.8) is 0 Å². The number of aromatic carboxylic acids is 1. The molecule has 3 heterocycles. The third kappa shape index (κ3) is 4.31. The van der Waals surface area contributed by atoms with Gasteiger partial charge in [0.05, 0.1) is 24.3 Å². The Morgan fingerprint density at radius 1 is 0.622 bits per heavy atom. The summed E-state index contributed by atoms with van der Waals surface area (Å²) in [5.41, 5.74) is 0.0556. The standard InChI is InChI=1S/C32H24O13/c33-15-3-1-11(5-19(15)37)28-21(39)7-13-17(35)9-23-25(30(13)44-28)27(32(41)42)26-24(43-23)10-18(36)14-8-22(40)29(45-31(14)26)12-2-4-16(34)20(38)6-12/h1-6,9-10,21-22,28-29,39-40H,7-8H2,(H6-,33,34,35,36,37,38,41,42)/p+1. The zero-order valence-corrected chi connectivity index (χ0v) is 23.0. The molecule has 5 aromatic rings. The highest BCUT2D eigenvalue weighted by molar-refractivity contribution is 6.17. The molecule has 7 rings (SSSR count). The van der Waals surface area contributed by atoms with E-state index in [1.807, 2.05) is 0 Å². The summed E-state index contributed by atoms with van der Waals surface area (Å²) >= 11 is 0. The number of ether oxygens (including phenoxy) is 2. The first-order valence-corrected chi connectivity index (χ1v) is 13.7. The third-order valence-electron chi connectivity index (χ3n) is 8.25. The van der Waals surface area contributed by atoms with Crippen LogP contribution in [0.3, 0.4) is 0 Å². The van der Waals surface area contributed by atoms with Crippen molar-refractivity contribution in [3.8, 4) is 46.0 Å². The second-order valence-corrected chi connectivity index (χ2v) is 11.1. The molecule has 1 aromatic heterocycles. The number of benzene rings is 4. The lowest BCUT2D eigenvalue weighted by molar-refractivity contribution is 0.0207. The monoisotopic (exact) mass is 617 g/mol. The summed E-state index contributed by atoms with van der Waals surface area (Å²) in [6, 6.07) is 9.96. The van der Waals surface area contributed by atoms with Gasteiger partial charge in [0.15, 0.2) is 35.2 Å². The van der Waals surface area contributed by atoms with Gasteiger partial charge >= 0.3 is 17.1 Å². The maximum absolute atomic E-state index is 13.1. The molecule has 2 aliphatic heterocycles. The van der Waals surface area contributed by atoms with Gasteiger partial charge in [0, 0.05) is 24.0 Å². The van der Waals surface area contributed by atoms with Crippen LogP contribution in [-0.4, -0.2) is 64.1 Å². The predicted octanol–water partition coefficient (Wildman–Crippen LogP) is 3.87. The molecule has 4 atom stereocenters. The molecule has 0 spiro atoms. The molecule has 0 bridgehead atoms. The second kappa shape index (κ2) is 9.94. The van der Waals surface area contributed by atoms with Crippen molar-refractivity contribution in [1.82, 2.24) is 0 Å². The first-order chi connectivity index (χ1) is 21.4. The summed E-state index contributed by atoms with van der Waals surface area (Å²) in [5.74, 6) is -4.12. The molecular weight excluding hydrogens is 592 g/mol. The van der Waals surface area contributed by atoms with Gasteiger partial charge in [0.2, 0.25) is 0 Å². The number of phenols is 6. The van der Waals surface area contributed by atoms with Gasteiger partial charge in [-0.15, -0.1) is 0 Å². The number of phenolic OH excluding ortho intramolecular Hbond substituents is 6. The van der Waals surface area contributed by atoms with Gasteiger partial charge in [-0.3, -0.25) is 0 Å². The third-order valence-corrected chi connectivity index (χ3v) is 8.25. The lowest BCUT2D eigenvalue weighted by Crippen LogP contribution is -2.31. The van der Waals surface area contributed by atoms with E-state index in [0.29, 0.717) is 0 Å². The highest BCUT2D eigenvalue weighted by Gasteiger charge is 2.41. The van der Waals surface area contributed by atoms with Crippen LogP contribution in [-0.2, 0) is 12.8 Å².